The van der Waals surface area contributed by atoms with Crippen LogP contribution in [0, 0.1) is 0 Å². The number of ether oxygens (including phenoxy) is 1. The SMILES string of the molecule is CN(C)CCOCCNC(=O)c1cc(Cl)c(N)c(Cl)c1. The first kappa shape index (κ1) is 17.0. The van der Waals surface area contributed by atoms with Crippen molar-refractivity contribution < 1.29 is 9.53 Å². The highest BCUT2D eigenvalue weighted by Crippen LogP contribution is 2.28. The van der Waals surface area contributed by atoms with Gasteiger partial charge in [-0.05, 0) is 26.2 Å². The van der Waals surface area contributed by atoms with Crippen molar-refractivity contribution in [3.63, 3.8) is 0 Å². The number of benzene rings is 1. The molecule has 1 rings (SSSR count). The predicted molar refractivity (Wildman–Crippen MR) is 82.6 cm³/mol. The number of likely N-dealkylation sites (N-methyl/N-ethyl adjacent to an activating group) is 1. The van der Waals surface area contributed by atoms with E-state index in [0.29, 0.717) is 25.3 Å². The summed E-state index contributed by atoms with van der Waals surface area (Å²) < 4.78 is 5.37. The van der Waals surface area contributed by atoms with Crippen LogP contribution >= 0.6 is 23.2 Å². The molecule has 0 atom stereocenters. The zero-order valence-electron chi connectivity index (χ0n) is 11.6. The second-order valence-electron chi connectivity index (χ2n) is 4.53. The molecule has 0 saturated heterocycles. The first-order valence-electron chi connectivity index (χ1n) is 6.17. The standard InChI is InChI=1S/C13H19Cl2N3O2/c1-18(2)4-6-20-5-3-17-13(19)9-7-10(14)12(16)11(15)8-9/h7-8H,3-6,16H2,1-2H3,(H,17,19). The summed E-state index contributed by atoms with van der Waals surface area (Å²) in [5.74, 6) is -0.259. The number of anilines is 1. The van der Waals surface area contributed by atoms with Crippen molar-refractivity contribution >= 4 is 34.8 Å². The van der Waals surface area contributed by atoms with Gasteiger partial charge in [-0.2, -0.15) is 0 Å². The molecule has 0 aliphatic heterocycles. The molecule has 0 heterocycles. The highest BCUT2D eigenvalue weighted by molar-refractivity contribution is 6.39. The fourth-order valence-corrected chi connectivity index (χ4v) is 1.89. The first-order chi connectivity index (χ1) is 9.41. The molecule has 1 aromatic carbocycles. The summed E-state index contributed by atoms with van der Waals surface area (Å²) >= 11 is 11.8. The molecular weight excluding hydrogens is 301 g/mol. The van der Waals surface area contributed by atoms with Crippen LogP contribution in [0.25, 0.3) is 0 Å². The lowest BCUT2D eigenvalue weighted by Crippen LogP contribution is -2.28. The monoisotopic (exact) mass is 319 g/mol. The van der Waals surface area contributed by atoms with Gasteiger partial charge in [-0.3, -0.25) is 4.79 Å². The molecule has 0 aliphatic rings. The number of nitrogens with zero attached hydrogens (tertiary/aromatic N) is 1. The number of rotatable bonds is 7. The molecule has 0 aliphatic carbocycles. The summed E-state index contributed by atoms with van der Waals surface area (Å²) in [4.78, 5) is 13.9. The predicted octanol–water partition coefficient (Wildman–Crippen LogP) is 1.88. The van der Waals surface area contributed by atoms with E-state index in [2.05, 4.69) is 5.32 Å². The molecule has 0 unspecified atom stereocenters. The topological polar surface area (TPSA) is 67.6 Å². The van der Waals surface area contributed by atoms with Crippen LogP contribution in [-0.2, 0) is 4.74 Å². The largest absolute Gasteiger partial charge is 0.396 e. The third kappa shape index (κ3) is 5.54. The molecule has 5 nitrogen and oxygen atoms in total. The van der Waals surface area contributed by atoms with E-state index >= 15 is 0 Å². The van der Waals surface area contributed by atoms with Gasteiger partial charge in [0.2, 0.25) is 0 Å². The van der Waals surface area contributed by atoms with Crippen LogP contribution in [0.1, 0.15) is 10.4 Å². The molecule has 3 N–H and O–H groups in total. The third-order valence-electron chi connectivity index (χ3n) is 2.56. The fraction of sp³-hybridized carbons (Fsp3) is 0.462. The lowest BCUT2D eigenvalue weighted by atomic mass is 10.2. The van der Waals surface area contributed by atoms with Crippen molar-refractivity contribution in [2.45, 2.75) is 0 Å². The molecule has 0 radical (unpaired) electrons. The molecule has 0 fully saturated rings. The molecule has 1 amide bonds. The number of carbonyl (C=O) groups excluding carboxylic acids is 1. The van der Waals surface area contributed by atoms with Gasteiger partial charge in [0, 0.05) is 18.7 Å². The van der Waals surface area contributed by atoms with Crippen LogP contribution < -0.4 is 11.1 Å². The second-order valence-corrected chi connectivity index (χ2v) is 5.34. The Morgan fingerprint density at radius 1 is 1.30 bits per heavy atom. The minimum absolute atomic E-state index is 0.259. The molecule has 7 heteroatoms. The average Bonchev–Trinajstić information content (AvgIpc) is 2.38. The van der Waals surface area contributed by atoms with Gasteiger partial charge < -0.3 is 20.7 Å². The summed E-state index contributed by atoms with van der Waals surface area (Å²) in [6, 6.07) is 2.98. The highest BCUT2D eigenvalue weighted by atomic mass is 35.5. The Morgan fingerprint density at radius 2 is 1.90 bits per heavy atom. The Morgan fingerprint density at radius 3 is 2.45 bits per heavy atom. The Labute approximate surface area is 129 Å². The summed E-state index contributed by atoms with van der Waals surface area (Å²) in [5, 5.41) is 3.26. The van der Waals surface area contributed by atoms with Crippen molar-refractivity contribution in [3.05, 3.63) is 27.7 Å². The molecule has 1 aromatic rings. The smallest absolute Gasteiger partial charge is 0.251 e. The van der Waals surface area contributed by atoms with Crippen molar-refractivity contribution in [1.82, 2.24) is 10.2 Å². The van der Waals surface area contributed by atoms with Crippen molar-refractivity contribution in [2.75, 3.05) is 46.1 Å². The van der Waals surface area contributed by atoms with Gasteiger partial charge in [0.1, 0.15) is 0 Å². The summed E-state index contributed by atoms with van der Waals surface area (Å²) in [6.07, 6.45) is 0. The highest BCUT2D eigenvalue weighted by Gasteiger charge is 2.10. The normalized spacial score (nSPS) is 10.8. The fourth-order valence-electron chi connectivity index (χ4n) is 1.40. The maximum Gasteiger partial charge on any atom is 0.251 e. The van der Waals surface area contributed by atoms with Gasteiger partial charge in [0.05, 0.1) is 28.9 Å². The van der Waals surface area contributed by atoms with Crippen molar-refractivity contribution in [1.29, 1.82) is 0 Å². The number of halogens is 2. The summed E-state index contributed by atoms with van der Waals surface area (Å²) in [7, 11) is 3.94. The van der Waals surface area contributed by atoms with Gasteiger partial charge in [0.25, 0.3) is 5.91 Å². The molecule has 0 spiro atoms. The maximum atomic E-state index is 11.9. The molecular formula is C13H19Cl2N3O2. The van der Waals surface area contributed by atoms with E-state index in [9.17, 15) is 4.79 Å². The van der Waals surface area contributed by atoms with E-state index in [4.69, 9.17) is 33.7 Å². The van der Waals surface area contributed by atoms with E-state index in [1.54, 1.807) is 0 Å². The summed E-state index contributed by atoms with van der Waals surface area (Å²) in [6.45, 7) is 2.35. The van der Waals surface area contributed by atoms with Crippen LogP contribution in [-0.4, -0.2) is 51.2 Å². The van der Waals surface area contributed by atoms with Crippen LogP contribution in [0.15, 0.2) is 12.1 Å². The van der Waals surface area contributed by atoms with E-state index in [0.717, 1.165) is 6.54 Å². The number of nitrogens with two attached hydrogens (primary N) is 1. The molecule has 20 heavy (non-hydrogen) atoms. The maximum absolute atomic E-state index is 11.9. The van der Waals surface area contributed by atoms with Gasteiger partial charge in [-0.1, -0.05) is 23.2 Å². The van der Waals surface area contributed by atoms with Crippen LogP contribution in [0.4, 0.5) is 5.69 Å². The van der Waals surface area contributed by atoms with Gasteiger partial charge in [0.15, 0.2) is 0 Å². The molecule has 0 saturated carbocycles. The number of hydrogen-bond acceptors (Lipinski definition) is 4. The van der Waals surface area contributed by atoms with Crippen molar-refractivity contribution in [3.8, 4) is 0 Å². The molecule has 0 bridgehead atoms. The van der Waals surface area contributed by atoms with Crippen LogP contribution in [0.2, 0.25) is 10.0 Å². The van der Waals surface area contributed by atoms with Crippen molar-refractivity contribution in [2.24, 2.45) is 0 Å². The first-order valence-corrected chi connectivity index (χ1v) is 6.92. The quantitative estimate of drug-likeness (QED) is 0.595. The van der Waals surface area contributed by atoms with E-state index in [1.165, 1.54) is 12.1 Å². The van der Waals surface area contributed by atoms with E-state index < -0.39 is 0 Å². The zero-order valence-corrected chi connectivity index (χ0v) is 13.1. The van der Waals surface area contributed by atoms with E-state index in [-0.39, 0.29) is 21.6 Å². The second kappa shape index (κ2) is 8.32. The number of hydrogen-bond donors (Lipinski definition) is 2. The Bertz CT molecular complexity index is 444. The zero-order chi connectivity index (χ0) is 15.1. The average molecular weight is 320 g/mol. The number of nitrogens with one attached hydrogen (secondary N) is 1. The third-order valence-corrected chi connectivity index (χ3v) is 3.18. The minimum atomic E-state index is -0.259. The van der Waals surface area contributed by atoms with Crippen LogP contribution in [0.5, 0.6) is 0 Å². The number of nitrogen functional groups attached to an aromatic ring is 1. The lowest BCUT2D eigenvalue weighted by Gasteiger charge is -2.10. The summed E-state index contributed by atoms with van der Waals surface area (Å²) in [5.41, 5.74) is 6.26. The van der Waals surface area contributed by atoms with E-state index in [1.807, 2.05) is 19.0 Å². The Kier molecular flexibility index (Phi) is 7.09. The lowest BCUT2D eigenvalue weighted by molar-refractivity contribution is 0.0900. The van der Waals surface area contributed by atoms with Gasteiger partial charge in [-0.15, -0.1) is 0 Å². The molecule has 0 aromatic heterocycles. The Balaban J connectivity index is 2.36. The minimum Gasteiger partial charge on any atom is -0.396 e. The number of amides is 1. The Hall–Kier alpha value is -1.01. The van der Waals surface area contributed by atoms with Gasteiger partial charge >= 0.3 is 0 Å². The molecule has 112 valence electrons. The van der Waals surface area contributed by atoms with Crippen LogP contribution in [0.3, 0.4) is 0 Å². The van der Waals surface area contributed by atoms with Gasteiger partial charge in [-0.25, -0.2) is 0 Å². The number of carbonyl (C=O) groups is 1.